The van der Waals surface area contributed by atoms with Gasteiger partial charge in [0, 0.05) is 11.9 Å². The second-order valence-corrected chi connectivity index (χ2v) is 4.51. The molecule has 1 aromatic rings. The van der Waals surface area contributed by atoms with Crippen molar-refractivity contribution in [3.05, 3.63) is 35.4 Å². The molecule has 84 valence electrons. The summed E-state index contributed by atoms with van der Waals surface area (Å²) in [5.74, 6) is 0. The molecule has 0 spiro atoms. The van der Waals surface area contributed by atoms with Crippen LogP contribution in [-0.4, -0.2) is 11.9 Å². The van der Waals surface area contributed by atoms with E-state index in [1.807, 2.05) is 0 Å². The number of hydrogen-bond donors (Lipinski definition) is 1. The van der Waals surface area contributed by atoms with Gasteiger partial charge in [-0.15, -0.1) is 11.6 Å². The first-order valence-electron chi connectivity index (χ1n) is 5.63. The lowest BCUT2D eigenvalue weighted by Gasteiger charge is -2.09. The molecule has 0 saturated heterocycles. The standard InChI is InChI=1S/C13H20ClN/c1-3-13(14)8-9-15-10-12-7-5-4-6-11(12)2/h4-7,13,15H,3,8-10H2,1-2H3. The molecule has 1 atom stereocenters. The van der Waals surface area contributed by atoms with E-state index in [0.717, 1.165) is 25.9 Å². The van der Waals surface area contributed by atoms with Crippen LogP contribution in [0.4, 0.5) is 0 Å². The zero-order chi connectivity index (χ0) is 11.1. The Labute approximate surface area is 97.8 Å². The first-order chi connectivity index (χ1) is 7.24. The van der Waals surface area contributed by atoms with Crippen LogP contribution in [0, 0.1) is 6.92 Å². The van der Waals surface area contributed by atoms with Gasteiger partial charge in [-0.1, -0.05) is 31.2 Å². The third-order valence-electron chi connectivity index (χ3n) is 2.65. The van der Waals surface area contributed by atoms with Gasteiger partial charge < -0.3 is 5.32 Å². The van der Waals surface area contributed by atoms with Crippen molar-refractivity contribution in [2.45, 2.75) is 38.6 Å². The zero-order valence-electron chi connectivity index (χ0n) is 9.59. The van der Waals surface area contributed by atoms with E-state index in [1.54, 1.807) is 0 Å². The van der Waals surface area contributed by atoms with Gasteiger partial charge in [0.05, 0.1) is 0 Å². The van der Waals surface area contributed by atoms with Gasteiger partial charge in [-0.3, -0.25) is 0 Å². The van der Waals surface area contributed by atoms with Gasteiger partial charge in [0.1, 0.15) is 0 Å². The SMILES string of the molecule is CCC(Cl)CCNCc1ccccc1C. The number of halogens is 1. The van der Waals surface area contributed by atoms with E-state index in [9.17, 15) is 0 Å². The highest BCUT2D eigenvalue weighted by Crippen LogP contribution is 2.07. The maximum atomic E-state index is 6.04. The fourth-order valence-electron chi connectivity index (χ4n) is 1.49. The van der Waals surface area contributed by atoms with Gasteiger partial charge in [0.25, 0.3) is 0 Å². The van der Waals surface area contributed by atoms with Gasteiger partial charge in [-0.05, 0) is 37.4 Å². The molecule has 0 aliphatic rings. The maximum absolute atomic E-state index is 6.04. The smallest absolute Gasteiger partial charge is 0.0345 e. The fraction of sp³-hybridized carbons (Fsp3) is 0.538. The molecule has 0 amide bonds. The molecule has 0 bridgehead atoms. The van der Waals surface area contributed by atoms with Crippen LogP contribution < -0.4 is 5.32 Å². The summed E-state index contributed by atoms with van der Waals surface area (Å²) >= 11 is 6.04. The van der Waals surface area contributed by atoms with E-state index in [2.05, 4.69) is 43.4 Å². The topological polar surface area (TPSA) is 12.0 Å². The lowest BCUT2D eigenvalue weighted by Crippen LogP contribution is -2.18. The van der Waals surface area contributed by atoms with E-state index < -0.39 is 0 Å². The monoisotopic (exact) mass is 225 g/mol. The van der Waals surface area contributed by atoms with E-state index >= 15 is 0 Å². The van der Waals surface area contributed by atoms with Crippen molar-refractivity contribution >= 4 is 11.6 Å². The van der Waals surface area contributed by atoms with Gasteiger partial charge in [0.15, 0.2) is 0 Å². The van der Waals surface area contributed by atoms with E-state index in [4.69, 9.17) is 11.6 Å². The predicted octanol–water partition coefficient (Wildman–Crippen LogP) is 3.49. The molecule has 2 heteroatoms. The quantitative estimate of drug-likeness (QED) is 0.577. The number of benzene rings is 1. The third kappa shape index (κ3) is 4.67. The Morgan fingerprint density at radius 2 is 2.07 bits per heavy atom. The van der Waals surface area contributed by atoms with E-state index in [0.29, 0.717) is 5.38 Å². The van der Waals surface area contributed by atoms with Crippen molar-refractivity contribution in [3.8, 4) is 0 Å². The van der Waals surface area contributed by atoms with Gasteiger partial charge in [-0.25, -0.2) is 0 Å². The minimum absolute atomic E-state index is 0.314. The summed E-state index contributed by atoms with van der Waals surface area (Å²) in [5, 5.41) is 3.74. The molecule has 0 aliphatic heterocycles. The molecule has 1 aromatic carbocycles. The van der Waals surface area contributed by atoms with Crippen LogP contribution in [0.1, 0.15) is 30.9 Å². The summed E-state index contributed by atoms with van der Waals surface area (Å²) in [6, 6.07) is 8.47. The molecular weight excluding hydrogens is 206 g/mol. The van der Waals surface area contributed by atoms with Crippen molar-refractivity contribution in [2.24, 2.45) is 0 Å². The Hall–Kier alpha value is -0.530. The Morgan fingerprint density at radius 3 is 2.73 bits per heavy atom. The first kappa shape index (κ1) is 12.5. The lowest BCUT2D eigenvalue weighted by atomic mass is 10.1. The number of hydrogen-bond acceptors (Lipinski definition) is 1. The molecule has 15 heavy (non-hydrogen) atoms. The van der Waals surface area contributed by atoms with Crippen LogP contribution in [0.3, 0.4) is 0 Å². The molecule has 1 nitrogen and oxygen atoms in total. The Morgan fingerprint density at radius 1 is 1.33 bits per heavy atom. The predicted molar refractivity (Wildman–Crippen MR) is 67.4 cm³/mol. The van der Waals surface area contributed by atoms with Gasteiger partial charge >= 0.3 is 0 Å². The molecule has 0 heterocycles. The average Bonchev–Trinajstić information content (AvgIpc) is 2.26. The molecule has 0 aliphatic carbocycles. The molecule has 1 rings (SSSR count). The Balaban J connectivity index is 2.23. The summed E-state index contributed by atoms with van der Waals surface area (Å²) in [7, 11) is 0. The van der Waals surface area contributed by atoms with Crippen LogP contribution in [0.2, 0.25) is 0 Å². The second kappa shape index (κ2) is 6.86. The fourth-order valence-corrected chi connectivity index (χ4v) is 1.60. The van der Waals surface area contributed by atoms with Crippen LogP contribution >= 0.6 is 11.6 Å². The summed E-state index contributed by atoms with van der Waals surface area (Å²) in [6.45, 7) is 6.21. The summed E-state index contributed by atoms with van der Waals surface area (Å²) in [4.78, 5) is 0. The molecule has 0 fully saturated rings. The molecular formula is C13H20ClN. The van der Waals surface area contributed by atoms with Crippen molar-refractivity contribution in [3.63, 3.8) is 0 Å². The van der Waals surface area contributed by atoms with Crippen molar-refractivity contribution in [1.29, 1.82) is 0 Å². The zero-order valence-corrected chi connectivity index (χ0v) is 10.3. The molecule has 0 radical (unpaired) electrons. The minimum Gasteiger partial charge on any atom is -0.313 e. The largest absolute Gasteiger partial charge is 0.313 e. The average molecular weight is 226 g/mol. The van der Waals surface area contributed by atoms with Crippen molar-refractivity contribution < 1.29 is 0 Å². The third-order valence-corrected chi connectivity index (χ3v) is 3.18. The van der Waals surface area contributed by atoms with Crippen LogP contribution in [-0.2, 0) is 6.54 Å². The normalized spacial score (nSPS) is 12.7. The van der Waals surface area contributed by atoms with Gasteiger partial charge in [0.2, 0.25) is 0 Å². The summed E-state index contributed by atoms with van der Waals surface area (Å²) < 4.78 is 0. The minimum atomic E-state index is 0.314. The summed E-state index contributed by atoms with van der Waals surface area (Å²) in [6.07, 6.45) is 2.09. The van der Waals surface area contributed by atoms with E-state index in [-0.39, 0.29) is 0 Å². The molecule has 0 aromatic heterocycles. The van der Waals surface area contributed by atoms with Crippen LogP contribution in [0.25, 0.3) is 0 Å². The lowest BCUT2D eigenvalue weighted by molar-refractivity contribution is 0.620. The molecule has 0 saturated carbocycles. The van der Waals surface area contributed by atoms with Crippen molar-refractivity contribution in [2.75, 3.05) is 6.54 Å². The number of alkyl halides is 1. The molecule has 1 N–H and O–H groups in total. The van der Waals surface area contributed by atoms with E-state index in [1.165, 1.54) is 11.1 Å². The number of rotatable bonds is 6. The summed E-state index contributed by atoms with van der Waals surface area (Å²) in [5.41, 5.74) is 2.73. The Kier molecular flexibility index (Phi) is 5.74. The number of nitrogens with one attached hydrogen (secondary N) is 1. The Bertz CT molecular complexity index is 286. The highest BCUT2D eigenvalue weighted by atomic mass is 35.5. The van der Waals surface area contributed by atoms with Crippen molar-refractivity contribution in [1.82, 2.24) is 5.32 Å². The number of aryl methyl sites for hydroxylation is 1. The van der Waals surface area contributed by atoms with Gasteiger partial charge in [-0.2, -0.15) is 0 Å². The molecule has 1 unspecified atom stereocenters. The second-order valence-electron chi connectivity index (χ2n) is 3.90. The van der Waals surface area contributed by atoms with Crippen LogP contribution in [0.5, 0.6) is 0 Å². The highest BCUT2D eigenvalue weighted by Gasteiger charge is 2.00. The van der Waals surface area contributed by atoms with Crippen LogP contribution in [0.15, 0.2) is 24.3 Å². The first-order valence-corrected chi connectivity index (χ1v) is 6.07. The maximum Gasteiger partial charge on any atom is 0.0345 e. The highest BCUT2D eigenvalue weighted by molar-refractivity contribution is 6.20.